The Hall–Kier alpha value is -0.660. The molecule has 0 N–H and O–H groups in total. The van der Waals surface area contributed by atoms with Crippen LogP contribution in [0.3, 0.4) is 0 Å². The molecule has 0 bridgehead atoms. The van der Waals surface area contributed by atoms with Crippen LogP contribution in [0.15, 0.2) is 24.1 Å². The lowest BCUT2D eigenvalue weighted by molar-refractivity contribution is 0.456. The second-order valence-corrected chi connectivity index (χ2v) is 1.58. The van der Waals surface area contributed by atoms with Gasteiger partial charge in [-0.05, 0) is 13.0 Å². The van der Waals surface area contributed by atoms with Crippen molar-refractivity contribution in [2.75, 3.05) is 6.67 Å². The first-order valence-corrected chi connectivity index (χ1v) is 2.84. The van der Waals surface area contributed by atoms with Crippen LogP contribution in [0.5, 0.6) is 0 Å². The Labute approximate surface area is 53.9 Å². The molecule has 0 unspecified atom stereocenters. The quantitative estimate of drug-likeness (QED) is 0.518. The molecule has 0 aliphatic carbocycles. The summed E-state index contributed by atoms with van der Waals surface area (Å²) in [5, 5.41) is 0. The fourth-order valence-electron chi connectivity index (χ4n) is 0.374. The van der Waals surface area contributed by atoms with Gasteiger partial charge in [0.25, 0.3) is 0 Å². The number of rotatable bonds is 3. The van der Waals surface area contributed by atoms with Crippen LogP contribution >= 0.6 is 0 Å². The van der Waals surface area contributed by atoms with Gasteiger partial charge >= 0.3 is 0 Å². The van der Waals surface area contributed by atoms with E-state index in [4.69, 9.17) is 0 Å². The highest BCUT2D eigenvalue weighted by atomic mass is 19.1. The molecule has 0 rings (SSSR count). The van der Waals surface area contributed by atoms with Gasteiger partial charge in [-0.1, -0.05) is 12.2 Å². The molecule has 0 heterocycles. The van der Waals surface area contributed by atoms with E-state index in [2.05, 4.69) is 0 Å². The minimum absolute atomic E-state index is 0.107. The van der Waals surface area contributed by atoms with E-state index in [1.54, 1.807) is 19.1 Å². The highest BCUT2D eigenvalue weighted by Gasteiger charge is 1.89. The number of allylic oxidation sites excluding steroid dienone is 4. The van der Waals surface area contributed by atoms with E-state index in [1.807, 2.05) is 0 Å². The lowest BCUT2D eigenvalue weighted by Gasteiger charge is -1.85. The average Bonchev–Trinajstić information content (AvgIpc) is 1.85. The molecule has 2 heteroatoms. The van der Waals surface area contributed by atoms with Gasteiger partial charge in [0.05, 0.1) is 6.67 Å². The number of hydrogen-bond acceptors (Lipinski definition) is 0. The largest absolute Gasteiger partial charge is 0.251 e. The maximum Gasteiger partial charge on any atom is 0.102 e. The molecule has 0 saturated heterocycles. The fourth-order valence-corrected chi connectivity index (χ4v) is 0.374. The lowest BCUT2D eigenvalue weighted by Crippen LogP contribution is -1.74. The van der Waals surface area contributed by atoms with Crippen molar-refractivity contribution in [1.82, 2.24) is 0 Å². The van der Waals surface area contributed by atoms with Gasteiger partial charge in [0, 0.05) is 6.42 Å². The van der Waals surface area contributed by atoms with Gasteiger partial charge in [0.1, 0.15) is 5.83 Å². The molecule has 0 atom stereocenters. The Morgan fingerprint density at radius 1 is 1.56 bits per heavy atom. The Balaban J connectivity index is 3.55. The zero-order valence-electron chi connectivity index (χ0n) is 5.40. The van der Waals surface area contributed by atoms with Gasteiger partial charge in [-0.3, -0.25) is 4.39 Å². The van der Waals surface area contributed by atoms with Crippen molar-refractivity contribution in [3.8, 4) is 0 Å². The van der Waals surface area contributed by atoms with Crippen molar-refractivity contribution in [3.05, 3.63) is 24.1 Å². The molecule has 52 valence electrons. The van der Waals surface area contributed by atoms with E-state index < -0.39 is 12.5 Å². The van der Waals surface area contributed by atoms with E-state index in [0.717, 1.165) is 0 Å². The van der Waals surface area contributed by atoms with Crippen LogP contribution < -0.4 is 0 Å². The Bertz CT molecular complexity index is 114. The monoisotopic (exact) mass is 132 g/mol. The van der Waals surface area contributed by atoms with Crippen molar-refractivity contribution in [1.29, 1.82) is 0 Å². The molecule has 0 amide bonds. The van der Waals surface area contributed by atoms with Crippen LogP contribution in [-0.2, 0) is 0 Å². The molecule has 0 saturated carbocycles. The van der Waals surface area contributed by atoms with Crippen LogP contribution in [0.25, 0.3) is 0 Å². The maximum atomic E-state index is 12.2. The lowest BCUT2D eigenvalue weighted by atomic mass is 10.3. The molecule has 0 fully saturated rings. The summed E-state index contributed by atoms with van der Waals surface area (Å²) in [7, 11) is 0. The van der Waals surface area contributed by atoms with Gasteiger partial charge in [0.15, 0.2) is 0 Å². The highest BCUT2D eigenvalue weighted by Crippen LogP contribution is 2.02. The summed E-state index contributed by atoms with van der Waals surface area (Å²) in [4.78, 5) is 0. The first-order chi connectivity index (χ1) is 4.31. The summed E-state index contributed by atoms with van der Waals surface area (Å²) in [5.41, 5.74) is 0. The third-order valence-corrected chi connectivity index (χ3v) is 0.803. The van der Waals surface area contributed by atoms with Crippen molar-refractivity contribution in [2.24, 2.45) is 0 Å². The van der Waals surface area contributed by atoms with Gasteiger partial charge < -0.3 is 0 Å². The summed E-state index contributed by atoms with van der Waals surface area (Å²) in [6.07, 6.45) is 4.40. The predicted octanol–water partition coefficient (Wildman–Crippen LogP) is 2.78. The van der Waals surface area contributed by atoms with E-state index >= 15 is 0 Å². The highest BCUT2D eigenvalue weighted by molar-refractivity contribution is 5.05. The van der Waals surface area contributed by atoms with Crippen LogP contribution in [0.4, 0.5) is 8.78 Å². The average molecular weight is 132 g/mol. The summed E-state index contributed by atoms with van der Waals surface area (Å²) in [6.45, 7) is 1.15. The van der Waals surface area contributed by atoms with Crippen LogP contribution in [0, 0.1) is 0 Å². The summed E-state index contributed by atoms with van der Waals surface area (Å²) >= 11 is 0. The van der Waals surface area contributed by atoms with Gasteiger partial charge in [0.2, 0.25) is 0 Å². The minimum Gasteiger partial charge on any atom is -0.251 e. The smallest absolute Gasteiger partial charge is 0.102 e. The molecule has 0 aliphatic heterocycles. The number of alkyl halides is 1. The van der Waals surface area contributed by atoms with Crippen LogP contribution in [-0.4, -0.2) is 6.67 Å². The van der Waals surface area contributed by atoms with E-state index in [9.17, 15) is 8.78 Å². The molecular weight excluding hydrogens is 122 g/mol. The van der Waals surface area contributed by atoms with Crippen molar-refractivity contribution in [2.45, 2.75) is 13.3 Å². The summed E-state index contributed by atoms with van der Waals surface area (Å²) < 4.78 is 23.5. The zero-order valence-corrected chi connectivity index (χ0v) is 5.40. The molecule has 0 nitrogen and oxygen atoms in total. The fraction of sp³-hybridized carbons (Fsp3) is 0.429. The normalized spacial score (nSPS) is 13.0. The third kappa shape index (κ3) is 5.21. The molecule has 9 heavy (non-hydrogen) atoms. The first kappa shape index (κ1) is 8.34. The molecule has 0 aromatic carbocycles. The first-order valence-electron chi connectivity index (χ1n) is 2.84. The standard InChI is InChI=1S/C7H10F2/c1-2-3-4-7(9)5-6-8/h2-4H,5-6H2,1H3/b3-2-,7-4+. The Morgan fingerprint density at radius 3 is 2.67 bits per heavy atom. The molecule has 0 aromatic heterocycles. The summed E-state index contributed by atoms with van der Waals surface area (Å²) in [6, 6.07) is 0. The van der Waals surface area contributed by atoms with Crippen molar-refractivity contribution >= 4 is 0 Å². The van der Waals surface area contributed by atoms with E-state index in [0.29, 0.717) is 0 Å². The zero-order chi connectivity index (χ0) is 7.11. The molecule has 0 radical (unpaired) electrons. The van der Waals surface area contributed by atoms with Gasteiger partial charge in [-0.2, -0.15) is 0 Å². The van der Waals surface area contributed by atoms with Gasteiger partial charge in [-0.15, -0.1) is 0 Å². The summed E-state index contributed by atoms with van der Waals surface area (Å²) in [5.74, 6) is -0.407. The maximum absolute atomic E-state index is 12.2. The molecule has 0 spiro atoms. The minimum atomic E-state index is -0.625. The van der Waals surface area contributed by atoms with Crippen molar-refractivity contribution in [3.63, 3.8) is 0 Å². The topological polar surface area (TPSA) is 0 Å². The van der Waals surface area contributed by atoms with Crippen LogP contribution in [0.1, 0.15) is 13.3 Å². The van der Waals surface area contributed by atoms with Gasteiger partial charge in [-0.25, -0.2) is 4.39 Å². The van der Waals surface area contributed by atoms with Crippen LogP contribution in [0.2, 0.25) is 0 Å². The number of halogens is 2. The van der Waals surface area contributed by atoms with E-state index in [1.165, 1.54) is 6.08 Å². The van der Waals surface area contributed by atoms with E-state index in [-0.39, 0.29) is 6.42 Å². The Kier molecular flexibility index (Phi) is 5.07. The third-order valence-electron chi connectivity index (χ3n) is 0.803. The predicted molar refractivity (Wildman–Crippen MR) is 34.6 cm³/mol. The molecular formula is C7H10F2. The van der Waals surface area contributed by atoms with Crippen molar-refractivity contribution < 1.29 is 8.78 Å². The second-order valence-electron chi connectivity index (χ2n) is 1.58. The second kappa shape index (κ2) is 5.48. The molecule has 0 aromatic rings. The SMILES string of the molecule is C/C=C\C=C(\F)CCF. The molecule has 0 aliphatic rings. The number of hydrogen-bond donors (Lipinski definition) is 0. The Morgan fingerprint density at radius 2 is 2.22 bits per heavy atom.